The summed E-state index contributed by atoms with van der Waals surface area (Å²) in [7, 11) is 0. The van der Waals surface area contributed by atoms with E-state index in [1.54, 1.807) is 30.0 Å². The molecule has 0 saturated carbocycles. The number of carbonyl (C=O) groups excluding carboxylic acids is 3. The largest absolute Gasteiger partial charge is 0.504 e. The fraction of sp³-hybridized carbons (Fsp3) is 0.389. The third-order valence-corrected chi connectivity index (χ3v) is 5.11. The lowest BCUT2D eigenvalue weighted by Crippen LogP contribution is -2.40. The Hall–Kier alpha value is -2.48. The van der Waals surface area contributed by atoms with E-state index >= 15 is 0 Å². The van der Waals surface area contributed by atoms with E-state index in [1.807, 2.05) is 0 Å². The van der Waals surface area contributed by atoms with Crippen molar-refractivity contribution in [1.29, 1.82) is 0 Å². The Kier molecular flexibility index (Phi) is 5.51. The van der Waals surface area contributed by atoms with Gasteiger partial charge in [0.25, 0.3) is 11.1 Å². The molecule has 1 aromatic rings. The number of ether oxygens (including phenoxy) is 1. The molecule has 8 heteroatoms. The first-order valence-electron chi connectivity index (χ1n) is 8.48. The zero-order valence-corrected chi connectivity index (χ0v) is 15.3. The van der Waals surface area contributed by atoms with Gasteiger partial charge in [-0.3, -0.25) is 19.3 Å². The molecule has 1 aromatic carbocycles. The molecule has 0 aliphatic carbocycles. The standard InChI is InChI=1S/C18H20N2O5S/c1-2-25-14-9-12(5-6-13(14)21)10-15-17(23)20(18(24)26-15)11-16(22)19-7-3-4-8-19/h5-6,9-10,21H,2-4,7-8,11H2,1H3/b15-10+. The Morgan fingerprint density at radius 1 is 1.31 bits per heavy atom. The van der Waals surface area contributed by atoms with Gasteiger partial charge in [-0.15, -0.1) is 0 Å². The predicted molar refractivity (Wildman–Crippen MR) is 97.8 cm³/mol. The van der Waals surface area contributed by atoms with Crippen molar-refractivity contribution >= 4 is 34.9 Å². The van der Waals surface area contributed by atoms with Gasteiger partial charge in [0, 0.05) is 13.1 Å². The average molecular weight is 376 g/mol. The molecule has 1 N–H and O–H groups in total. The summed E-state index contributed by atoms with van der Waals surface area (Å²) in [5.41, 5.74) is 0.627. The maximum Gasteiger partial charge on any atom is 0.294 e. The van der Waals surface area contributed by atoms with Crippen molar-refractivity contribution in [3.8, 4) is 11.5 Å². The molecular formula is C18H20N2O5S. The number of aromatic hydroxyl groups is 1. The SMILES string of the molecule is CCOc1cc(/C=C2/SC(=O)N(CC(=O)N3CCCC3)C2=O)ccc1O. The van der Waals surface area contributed by atoms with Gasteiger partial charge in [0.05, 0.1) is 11.5 Å². The maximum atomic E-state index is 12.5. The van der Waals surface area contributed by atoms with Crippen molar-refractivity contribution in [2.24, 2.45) is 0 Å². The fourth-order valence-electron chi connectivity index (χ4n) is 2.88. The molecule has 2 aliphatic rings. The van der Waals surface area contributed by atoms with Gasteiger partial charge >= 0.3 is 0 Å². The Bertz CT molecular complexity index is 771. The number of phenolic OH excluding ortho intramolecular Hbond substituents is 1. The molecule has 3 rings (SSSR count). The summed E-state index contributed by atoms with van der Waals surface area (Å²) >= 11 is 0.809. The number of rotatable bonds is 5. The summed E-state index contributed by atoms with van der Waals surface area (Å²) < 4.78 is 5.32. The minimum Gasteiger partial charge on any atom is -0.504 e. The van der Waals surface area contributed by atoms with E-state index in [9.17, 15) is 19.5 Å². The fourth-order valence-corrected chi connectivity index (χ4v) is 3.72. The zero-order valence-electron chi connectivity index (χ0n) is 14.4. The van der Waals surface area contributed by atoms with Crippen LogP contribution in [0.25, 0.3) is 6.08 Å². The van der Waals surface area contributed by atoms with Crippen molar-refractivity contribution in [2.45, 2.75) is 19.8 Å². The molecule has 0 radical (unpaired) electrons. The van der Waals surface area contributed by atoms with Crippen LogP contribution in [0.15, 0.2) is 23.1 Å². The predicted octanol–water partition coefficient (Wildman–Crippen LogP) is 2.45. The van der Waals surface area contributed by atoms with Crippen LogP contribution < -0.4 is 4.74 Å². The first-order valence-corrected chi connectivity index (χ1v) is 9.30. The van der Waals surface area contributed by atoms with Crippen LogP contribution in [0.5, 0.6) is 11.5 Å². The molecule has 7 nitrogen and oxygen atoms in total. The summed E-state index contributed by atoms with van der Waals surface area (Å²) in [5, 5.41) is 9.30. The molecule has 138 valence electrons. The van der Waals surface area contributed by atoms with Gasteiger partial charge in [0.15, 0.2) is 11.5 Å². The van der Waals surface area contributed by atoms with E-state index in [0.717, 1.165) is 29.5 Å². The molecule has 2 heterocycles. The van der Waals surface area contributed by atoms with Crippen LogP contribution in [0.2, 0.25) is 0 Å². The highest BCUT2D eigenvalue weighted by Crippen LogP contribution is 2.34. The lowest BCUT2D eigenvalue weighted by Gasteiger charge is -2.18. The van der Waals surface area contributed by atoms with E-state index in [0.29, 0.717) is 31.0 Å². The van der Waals surface area contributed by atoms with Crippen LogP contribution in [0.4, 0.5) is 4.79 Å². The highest BCUT2D eigenvalue weighted by molar-refractivity contribution is 8.18. The van der Waals surface area contributed by atoms with Crippen LogP contribution in [-0.2, 0) is 9.59 Å². The Labute approximate surface area is 155 Å². The van der Waals surface area contributed by atoms with Crippen molar-refractivity contribution < 1.29 is 24.2 Å². The first kappa shape index (κ1) is 18.3. The lowest BCUT2D eigenvalue weighted by molar-refractivity contribution is -0.135. The molecule has 2 aliphatic heterocycles. The number of imide groups is 1. The second-order valence-corrected chi connectivity index (χ2v) is 7.01. The van der Waals surface area contributed by atoms with Gasteiger partial charge in [-0.2, -0.15) is 0 Å². The highest BCUT2D eigenvalue weighted by Gasteiger charge is 2.37. The Morgan fingerprint density at radius 2 is 2.04 bits per heavy atom. The third-order valence-electron chi connectivity index (χ3n) is 4.21. The second kappa shape index (κ2) is 7.82. The lowest BCUT2D eigenvalue weighted by atomic mass is 10.2. The number of hydrogen-bond acceptors (Lipinski definition) is 6. The third kappa shape index (κ3) is 3.85. The first-order chi connectivity index (χ1) is 12.5. The number of nitrogens with zero attached hydrogens (tertiary/aromatic N) is 2. The smallest absolute Gasteiger partial charge is 0.294 e. The summed E-state index contributed by atoms with van der Waals surface area (Å²) in [6.45, 7) is 3.33. The molecule has 0 atom stereocenters. The van der Waals surface area contributed by atoms with E-state index in [2.05, 4.69) is 0 Å². The number of phenols is 1. The monoisotopic (exact) mass is 376 g/mol. The number of likely N-dealkylation sites (tertiary alicyclic amines) is 1. The van der Waals surface area contributed by atoms with Gasteiger partial charge < -0.3 is 14.7 Å². The minimum atomic E-state index is -0.474. The van der Waals surface area contributed by atoms with Crippen LogP contribution in [0, 0.1) is 0 Å². The summed E-state index contributed by atoms with van der Waals surface area (Å²) in [6.07, 6.45) is 3.47. The van der Waals surface area contributed by atoms with Gasteiger partial charge in [-0.05, 0) is 55.3 Å². The molecule has 0 spiro atoms. The van der Waals surface area contributed by atoms with Crippen LogP contribution in [0.3, 0.4) is 0 Å². The van der Waals surface area contributed by atoms with E-state index < -0.39 is 11.1 Å². The molecule has 0 unspecified atom stereocenters. The van der Waals surface area contributed by atoms with Gasteiger partial charge in [0.2, 0.25) is 5.91 Å². The van der Waals surface area contributed by atoms with Crippen molar-refractivity contribution in [3.05, 3.63) is 28.7 Å². The number of carbonyl (C=O) groups is 3. The summed E-state index contributed by atoms with van der Waals surface area (Å²) in [5.74, 6) is -0.356. The minimum absolute atomic E-state index is 0.00770. The Morgan fingerprint density at radius 3 is 2.73 bits per heavy atom. The molecule has 2 fully saturated rings. The number of hydrogen-bond donors (Lipinski definition) is 1. The van der Waals surface area contributed by atoms with Crippen molar-refractivity contribution in [1.82, 2.24) is 9.80 Å². The quantitative estimate of drug-likeness (QED) is 0.795. The topological polar surface area (TPSA) is 87.2 Å². The molecule has 3 amide bonds. The zero-order chi connectivity index (χ0) is 18.7. The van der Waals surface area contributed by atoms with Crippen molar-refractivity contribution in [2.75, 3.05) is 26.2 Å². The number of benzene rings is 1. The summed E-state index contributed by atoms with van der Waals surface area (Å²) in [4.78, 5) is 39.8. The van der Waals surface area contributed by atoms with Crippen LogP contribution in [0.1, 0.15) is 25.3 Å². The highest BCUT2D eigenvalue weighted by atomic mass is 32.2. The van der Waals surface area contributed by atoms with E-state index in [4.69, 9.17) is 4.74 Å². The normalized spacial score (nSPS) is 18.9. The Balaban J connectivity index is 1.74. The van der Waals surface area contributed by atoms with Crippen LogP contribution in [-0.4, -0.2) is 58.2 Å². The van der Waals surface area contributed by atoms with Crippen LogP contribution >= 0.6 is 11.8 Å². The number of thioether (sulfide) groups is 1. The summed E-state index contributed by atoms with van der Waals surface area (Å²) in [6, 6.07) is 4.70. The molecule has 0 bridgehead atoms. The van der Waals surface area contributed by atoms with Gasteiger partial charge in [0.1, 0.15) is 6.54 Å². The van der Waals surface area contributed by atoms with E-state index in [-0.39, 0.29) is 23.1 Å². The molecule has 26 heavy (non-hydrogen) atoms. The number of amides is 3. The van der Waals surface area contributed by atoms with Gasteiger partial charge in [-0.25, -0.2) is 0 Å². The van der Waals surface area contributed by atoms with Crippen molar-refractivity contribution in [3.63, 3.8) is 0 Å². The maximum absolute atomic E-state index is 12.5. The molecule has 2 saturated heterocycles. The van der Waals surface area contributed by atoms with Gasteiger partial charge in [-0.1, -0.05) is 6.07 Å². The molecular weight excluding hydrogens is 356 g/mol. The van der Waals surface area contributed by atoms with E-state index in [1.165, 1.54) is 6.07 Å². The molecule has 0 aromatic heterocycles. The second-order valence-electron chi connectivity index (χ2n) is 6.02. The average Bonchev–Trinajstić information content (AvgIpc) is 3.23.